The molecule has 0 radical (unpaired) electrons. The third-order valence-corrected chi connectivity index (χ3v) is 6.02. The molecule has 146 valence electrons. The van der Waals surface area contributed by atoms with Crippen molar-refractivity contribution < 1.29 is 0 Å². The second-order valence-electron chi connectivity index (χ2n) is 7.68. The number of fused-ring (bicyclic) bond motifs is 2. The van der Waals surface area contributed by atoms with Crippen LogP contribution in [0.25, 0.3) is 22.3 Å². The number of aromatic amines is 1. The quantitative estimate of drug-likeness (QED) is 0.588. The first-order chi connectivity index (χ1) is 14.1. The van der Waals surface area contributed by atoms with E-state index in [1.165, 1.54) is 22.2 Å². The number of aromatic nitrogens is 4. The smallest absolute Gasteiger partial charge is 0.254 e. The Morgan fingerprint density at radius 1 is 1.14 bits per heavy atom. The molecule has 0 bridgehead atoms. The van der Waals surface area contributed by atoms with Gasteiger partial charge in [0.2, 0.25) is 0 Å². The number of nitrogens with zero attached hydrogens (tertiary/aromatic N) is 4. The molecular formula is C23H23N5O. The SMILES string of the molecule is Cc1c(CN2CCc3c(nc(-c4ccncc4)[nH]c3=O)C2)c2ccccc2n1C. The molecule has 0 aliphatic carbocycles. The summed E-state index contributed by atoms with van der Waals surface area (Å²) in [5, 5.41) is 1.30. The Hall–Kier alpha value is -3.25. The highest BCUT2D eigenvalue weighted by atomic mass is 16.1. The van der Waals surface area contributed by atoms with Crippen molar-refractivity contribution in [2.45, 2.75) is 26.4 Å². The van der Waals surface area contributed by atoms with Crippen molar-refractivity contribution >= 4 is 10.9 Å². The van der Waals surface area contributed by atoms with Gasteiger partial charge in [-0.15, -0.1) is 0 Å². The van der Waals surface area contributed by atoms with Gasteiger partial charge in [-0.1, -0.05) is 18.2 Å². The Bertz CT molecular complexity index is 1260. The van der Waals surface area contributed by atoms with Gasteiger partial charge in [0.25, 0.3) is 5.56 Å². The summed E-state index contributed by atoms with van der Waals surface area (Å²) in [6.07, 6.45) is 4.15. The predicted octanol–water partition coefficient (Wildman–Crippen LogP) is 3.19. The minimum atomic E-state index is -0.0252. The number of nitrogens with one attached hydrogen (secondary N) is 1. The average molecular weight is 385 g/mol. The Kier molecular flexibility index (Phi) is 4.28. The van der Waals surface area contributed by atoms with Crippen LogP contribution < -0.4 is 5.56 Å². The summed E-state index contributed by atoms with van der Waals surface area (Å²) in [6, 6.07) is 12.3. The van der Waals surface area contributed by atoms with Gasteiger partial charge in [-0.3, -0.25) is 14.7 Å². The van der Waals surface area contributed by atoms with Gasteiger partial charge in [0.05, 0.1) is 5.69 Å². The van der Waals surface area contributed by atoms with Crippen LogP contribution in [0.15, 0.2) is 53.6 Å². The van der Waals surface area contributed by atoms with Crippen LogP contribution in [0.3, 0.4) is 0 Å². The minimum absolute atomic E-state index is 0.0252. The first-order valence-electron chi connectivity index (χ1n) is 9.89. The fourth-order valence-corrected chi connectivity index (χ4v) is 4.30. The predicted molar refractivity (Wildman–Crippen MR) is 114 cm³/mol. The van der Waals surface area contributed by atoms with E-state index in [4.69, 9.17) is 4.98 Å². The zero-order chi connectivity index (χ0) is 20.0. The van der Waals surface area contributed by atoms with E-state index in [1.807, 2.05) is 12.1 Å². The zero-order valence-electron chi connectivity index (χ0n) is 16.6. The highest BCUT2D eigenvalue weighted by Gasteiger charge is 2.23. The van der Waals surface area contributed by atoms with Gasteiger partial charge in [0, 0.05) is 66.8 Å². The molecule has 4 heterocycles. The second-order valence-corrected chi connectivity index (χ2v) is 7.68. The van der Waals surface area contributed by atoms with Crippen LogP contribution in [0.1, 0.15) is 22.5 Å². The fourth-order valence-electron chi connectivity index (χ4n) is 4.30. The molecule has 0 saturated heterocycles. The van der Waals surface area contributed by atoms with E-state index >= 15 is 0 Å². The zero-order valence-corrected chi connectivity index (χ0v) is 16.6. The number of aryl methyl sites for hydroxylation is 1. The first-order valence-corrected chi connectivity index (χ1v) is 9.89. The molecule has 6 heteroatoms. The van der Waals surface area contributed by atoms with Crippen LogP contribution in [-0.4, -0.2) is 31.0 Å². The largest absolute Gasteiger partial charge is 0.348 e. The maximum absolute atomic E-state index is 12.6. The van der Waals surface area contributed by atoms with Crippen LogP contribution in [0.4, 0.5) is 0 Å². The van der Waals surface area contributed by atoms with E-state index in [1.54, 1.807) is 12.4 Å². The third kappa shape index (κ3) is 3.06. The molecule has 1 N–H and O–H groups in total. The number of rotatable bonds is 3. The standard InChI is InChI=1S/C23H23N5O/c1-15-19(17-5-3-4-6-21(17)27(15)2)13-28-12-9-18-20(14-28)25-22(26-23(18)29)16-7-10-24-11-8-16/h3-8,10-11H,9,12-14H2,1-2H3,(H,25,26,29). The van der Waals surface area contributed by atoms with Crippen LogP contribution in [-0.2, 0) is 26.6 Å². The molecular weight excluding hydrogens is 362 g/mol. The molecule has 0 saturated carbocycles. The summed E-state index contributed by atoms with van der Waals surface area (Å²) >= 11 is 0. The lowest BCUT2D eigenvalue weighted by Gasteiger charge is -2.28. The van der Waals surface area contributed by atoms with Crippen LogP contribution >= 0.6 is 0 Å². The molecule has 0 amide bonds. The molecule has 6 nitrogen and oxygen atoms in total. The third-order valence-electron chi connectivity index (χ3n) is 6.02. The summed E-state index contributed by atoms with van der Waals surface area (Å²) in [6.45, 7) is 4.57. The summed E-state index contributed by atoms with van der Waals surface area (Å²) in [5.74, 6) is 0.611. The molecule has 5 rings (SSSR count). The molecule has 0 fully saturated rings. The van der Waals surface area contributed by atoms with Gasteiger partial charge >= 0.3 is 0 Å². The molecule has 0 atom stereocenters. The van der Waals surface area contributed by atoms with Crippen LogP contribution in [0, 0.1) is 6.92 Å². The summed E-state index contributed by atoms with van der Waals surface area (Å²) in [7, 11) is 2.12. The Morgan fingerprint density at radius 3 is 2.76 bits per heavy atom. The molecule has 1 aromatic carbocycles. The highest BCUT2D eigenvalue weighted by Crippen LogP contribution is 2.27. The molecule has 3 aromatic heterocycles. The van der Waals surface area contributed by atoms with E-state index in [-0.39, 0.29) is 5.56 Å². The van der Waals surface area contributed by atoms with Crippen molar-refractivity contribution in [3.63, 3.8) is 0 Å². The van der Waals surface area contributed by atoms with Gasteiger partial charge in [-0.2, -0.15) is 0 Å². The molecule has 1 aliphatic heterocycles. The Morgan fingerprint density at radius 2 is 1.93 bits per heavy atom. The van der Waals surface area contributed by atoms with Crippen molar-refractivity contribution in [3.05, 3.63) is 81.7 Å². The van der Waals surface area contributed by atoms with Crippen molar-refractivity contribution in [1.29, 1.82) is 0 Å². The van der Waals surface area contributed by atoms with E-state index in [0.717, 1.165) is 36.3 Å². The summed E-state index contributed by atoms with van der Waals surface area (Å²) < 4.78 is 2.26. The maximum atomic E-state index is 12.6. The van der Waals surface area contributed by atoms with E-state index in [0.29, 0.717) is 12.4 Å². The van der Waals surface area contributed by atoms with Gasteiger partial charge in [-0.05, 0) is 37.1 Å². The van der Waals surface area contributed by atoms with Crippen LogP contribution in [0.5, 0.6) is 0 Å². The number of hydrogen-bond donors (Lipinski definition) is 1. The van der Waals surface area contributed by atoms with Gasteiger partial charge in [0.15, 0.2) is 0 Å². The Balaban J connectivity index is 1.48. The monoisotopic (exact) mass is 385 g/mol. The van der Waals surface area contributed by atoms with Crippen molar-refractivity contribution in [2.24, 2.45) is 7.05 Å². The molecule has 4 aromatic rings. The maximum Gasteiger partial charge on any atom is 0.254 e. The molecule has 0 spiro atoms. The lowest BCUT2D eigenvalue weighted by molar-refractivity contribution is 0.241. The number of para-hydroxylation sites is 1. The number of H-pyrrole nitrogens is 1. The summed E-state index contributed by atoms with van der Waals surface area (Å²) in [5.41, 5.74) is 6.44. The van der Waals surface area contributed by atoms with Crippen molar-refractivity contribution in [2.75, 3.05) is 6.54 Å². The van der Waals surface area contributed by atoms with Crippen LogP contribution in [0.2, 0.25) is 0 Å². The van der Waals surface area contributed by atoms with Gasteiger partial charge < -0.3 is 9.55 Å². The highest BCUT2D eigenvalue weighted by molar-refractivity contribution is 5.85. The normalized spacial score (nSPS) is 14.3. The second kappa shape index (κ2) is 6.97. The molecule has 0 unspecified atom stereocenters. The fraction of sp³-hybridized carbons (Fsp3) is 0.261. The minimum Gasteiger partial charge on any atom is -0.348 e. The average Bonchev–Trinajstić information content (AvgIpc) is 2.99. The lowest BCUT2D eigenvalue weighted by atomic mass is 10.0. The van der Waals surface area contributed by atoms with E-state index in [9.17, 15) is 4.79 Å². The topological polar surface area (TPSA) is 66.8 Å². The van der Waals surface area contributed by atoms with E-state index in [2.05, 4.69) is 57.7 Å². The number of benzene rings is 1. The Labute approximate surface area is 168 Å². The molecule has 29 heavy (non-hydrogen) atoms. The van der Waals surface area contributed by atoms with Crippen molar-refractivity contribution in [1.82, 2.24) is 24.4 Å². The van der Waals surface area contributed by atoms with Gasteiger partial charge in [0.1, 0.15) is 5.82 Å². The lowest BCUT2D eigenvalue weighted by Crippen LogP contribution is -2.35. The summed E-state index contributed by atoms with van der Waals surface area (Å²) in [4.78, 5) is 26.8. The van der Waals surface area contributed by atoms with Crippen molar-refractivity contribution in [3.8, 4) is 11.4 Å². The van der Waals surface area contributed by atoms with Gasteiger partial charge in [-0.25, -0.2) is 4.98 Å². The number of pyridine rings is 1. The number of hydrogen-bond acceptors (Lipinski definition) is 4. The van der Waals surface area contributed by atoms with E-state index < -0.39 is 0 Å². The first kappa shape index (κ1) is 17.8. The molecule has 1 aliphatic rings.